The van der Waals surface area contributed by atoms with Gasteiger partial charge in [-0.05, 0) is 0 Å². The van der Waals surface area contributed by atoms with Crippen LogP contribution in [0.25, 0.3) is 0 Å². The molecule has 80 valence electrons. The number of ether oxygens (including phenoxy) is 1. The summed E-state index contributed by atoms with van der Waals surface area (Å²) in [6, 6.07) is 0. The van der Waals surface area contributed by atoms with Crippen LogP contribution in [0.4, 0.5) is 0 Å². The van der Waals surface area contributed by atoms with Crippen molar-refractivity contribution in [3.05, 3.63) is 0 Å². The maximum absolute atomic E-state index is 11.3. The third-order valence-electron chi connectivity index (χ3n) is 2.18. The Morgan fingerprint density at radius 2 is 2.07 bits per heavy atom. The average Bonchev–Trinajstić information content (AvgIpc) is 2.18. The quantitative estimate of drug-likeness (QED) is 0.544. The summed E-state index contributed by atoms with van der Waals surface area (Å²) in [5.74, 6) is 0.556. The average molecular weight is 219 g/mol. The van der Waals surface area contributed by atoms with Crippen LogP contribution in [0.1, 0.15) is 0 Å². The van der Waals surface area contributed by atoms with Crippen molar-refractivity contribution in [3.63, 3.8) is 0 Å². The number of aliphatic imine (C=N–C) groups is 1. The third kappa shape index (κ3) is 2.16. The molecular weight excluding hydrogens is 206 g/mol. The van der Waals surface area contributed by atoms with Gasteiger partial charge in [0.2, 0.25) is 16.0 Å². The van der Waals surface area contributed by atoms with Crippen molar-refractivity contribution in [1.29, 1.82) is 0 Å². The van der Waals surface area contributed by atoms with Crippen LogP contribution in [0, 0.1) is 0 Å². The second-order valence-electron chi connectivity index (χ2n) is 3.23. The van der Waals surface area contributed by atoms with Crippen molar-refractivity contribution in [3.8, 4) is 0 Å². The lowest BCUT2D eigenvalue weighted by atomic mass is 10.4. The van der Waals surface area contributed by atoms with E-state index in [9.17, 15) is 8.42 Å². The number of guanidine groups is 1. The summed E-state index contributed by atoms with van der Waals surface area (Å²) in [6.07, 6.45) is 0. The number of sulfonamides is 1. The Labute approximate surface area is 83.0 Å². The van der Waals surface area contributed by atoms with Crippen LogP contribution in [0.15, 0.2) is 4.99 Å². The molecule has 1 N–H and O–H groups in total. The SMILES string of the molecule is O=S1(=O)CCN=C(N2CCOCC2)N1. The van der Waals surface area contributed by atoms with E-state index in [2.05, 4.69) is 9.71 Å². The van der Waals surface area contributed by atoms with Crippen LogP contribution in [-0.2, 0) is 14.8 Å². The summed E-state index contributed by atoms with van der Waals surface area (Å²) in [5.41, 5.74) is 0. The van der Waals surface area contributed by atoms with E-state index < -0.39 is 10.0 Å². The zero-order valence-electron chi connectivity index (χ0n) is 7.77. The van der Waals surface area contributed by atoms with Crippen LogP contribution in [-0.4, -0.2) is 57.9 Å². The van der Waals surface area contributed by atoms with Gasteiger partial charge in [0.25, 0.3) is 0 Å². The van der Waals surface area contributed by atoms with Crippen molar-refractivity contribution >= 4 is 16.0 Å². The molecule has 1 saturated heterocycles. The summed E-state index contributed by atoms with van der Waals surface area (Å²) in [4.78, 5) is 6.05. The molecule has 0 aromatic rings. The van der Waals surface area contributed by atoms with Crippen molar-refractivity contribution in [2.45, 2.75) is 0 Å². The van der Waals surface area contributed by atoms with E-state index >= 15 is 0 Å². The summed E-state index contributed by atoms with van der Waals surface area (Å²) in [7, 11) is -3.14. The standard InChI is InChI=1S/C7H13N3O3S/c11-14(12)6-1-8-7(9-14)10-2-4-13-5-3-10/h1-6H2,(H,8,9). The van der Waals surface area contributed by atoms with Crippen LogP contribution in [0.2, 0.25) is 0 Å². The highest BCUT2D eigenvalue weighted by atomic mass is 32.2. The molecular formula is C7H13N3O3S. The minimum absolute atomic E-state index is 0.0842. The van der Waals surface area contributed by atoms with Crippen molar-refractivity contribution < 1.29 is 13.2 Å². The summed E-state index contributed by atoms with van der Waals surface area (Å²) in [5, 5.41) is 0. The van der Waals surface area contributed by atoms with Gasteiger partial charge in [-0.1, -0.05) is 0 Å². The van der Waals surface area contributed by atoms with Gasteiger partial charge >= 0.3 is 0 Å². The minimum atomic E-state index is -3.14. The second kappa shape index (κ2) is 3.74. The first-order valence-corrected chi connectivity index (χ1v) is 6.20. The molecule has 0 atom stereocenters. The number of nitrogens with one attached hydrogen (secondary N) is 1. The number of rotatable bonds is 0. The van der Waals surface area contributed by atoms with Gasteiger partial charge in [0.1, 0.15) is 0 Å². The van der Waals surface area contributed by atoms with E-state index in [-0.39, 0.29) is 5.75 Å². The van der Waals surface area contributed by atoms with Gasteiger partial charge in [0.15, 0.2) is 0 Å². The molecule has 2 aliphatic heterocycles. The van der Waals surface area contributed by atoms with Crippen molar-refractivity contribution in [1.82, 2.24) is 9.62 Å². The summed E-state index contributed by atoms with van der Waals surface area (Å²) in [6.45, 7) is 2.99. The van der Waals surface area contributed by atoms with Gasteiger partial charge in [-0.2, -0.15) is 0 Å². The molecule has 6 nitrogen and oxygen atoms in total. The van der Waals surface area contributed by atoms with Gasteiger partial charge in [-0.15, -0.1) is 0 Å². The van der Waals surface area contributed by atoms with Gasteiger partial charge < -0.3 is 9.64 Å². The van der Waals surface area contributed by atoms with E-state index in [0.717, 1.165) is 0 Å². The van der Waals surface area contributed by atoms with E-state index in [1.165, 1.54) is 0 Å². The highest BCUT2D eigenvalue weighted by molar-refractivity contribution is 7.90. The smallest absolute Gasteiger partial charge is 0.236 e. The predicted molar refractivity (Wildman–Crippen MR) is 51.6 cm³/mol. The van der Waals surface area contributed by atoms with Gasteiger partial charge in [-0.25, -0.2) is 8.42 Å². The third-order valence-corrected chi connectivity index (χ3v) is 3.39. The van der Waals surface area contributed by atoms with Crippen LogP contribution >= 0.6 is 0 Å². The Morgan fingerprint density at radius 1 is 1.36 bits per heavy atom. The molecule has 0 aliphatic carbocycles. The fourth-order valence-corrected chi connectivity index (χ4v) is 2.34. The Balaban J connectivity index is 2.06. The van der Waals surface area contributed by atoms with Crippen LogP contribution < -0.4 is 4.72 Å². The minimum Gasteiger partial charge on any atom is -0.378 e. The fraction of sp³-hybridized carbons (Fsp3) is 0.857. The first kappa shape index (κ1) is 9.72. The lowest BCUT2D eigenvalue weighted by molar-refractivity contribution is 0.0669. The molecule has 0 bridgehead atoms. The molecule has 0 saturated carbocycles. The predicted octanol–water partition coefficient (Wildman–Crippen LogP) is -1.39. The largest absolute Gasteiger partial charge is 0.378 e. The fourth-order valence-electron chi connectivity index (χ4n) is 1.43. The number of nitrogens with zero attached hydrogens (tertiary/aromatic N) is 2. The van der Waals surface area contributed by atoms with E-state index in [1.54, 1.807) is 0 Å². The molecule has 0 aromatic heterocycles. The Hall–Kier alpha value is -0.820. The molecule has 2 rings (SSSR count). The van der Waals surface area contributed by atoms with Crippen LogP contribution in [0.3, 0.4) is 0 Å². The van der Waals surface area contributed by atoms with E-state index in [4.69, 9.17) is 4.74 Å². The van der Waals surface area contributed by atoms with Crippen molar-refractivity contribution in [2.24, 2.45) is 4.99 Å². The molecule has 0 unspecified atom stereocenters. The first-order valence-electron chi connectivity index (χ1n) is 4.55. The molecule has 2 aliphatic rings. The number of morpholine rings is 1. The van der Waals surface area contributed by atoms with Gasteiger partial charge in [-0.3, -0.25) is 9.71 Å². The Morgan fingerprint density at radius 3 is 2.71 bits per heavy atom. The topological polar surface area (TPSA) is 71.0 Å². The molecule has 1 fully saturated rings. The maximum atomic E-state index is 11.3. The lowest BCUT2D eigenvalue weighted by Gasteiger charge is -2.31. The van der Waals surface area contributed by atoms with Crippen molar-refractivity contribution in [2.75, 3.05) is 38.6 Å². The molecule has 0 radical (unpaired) electrons. The molecule has 0 aromatic carbocycles. The Kier molecular flexibility index (Phi) is 2.60. The van der Waals surface area contributed by atoms with Gasteiger partial charge in [0, 0.05) is 13.1 Å². The highest BCUT2D eigenvalue weighted by Crippen LogP contribution is 2.02. The molecule has 0 spiro atoms. The number of hydrogen-bond acceptors (Lipinski definition) is 5. The highest BCUT2D eigenvalue weighted by Gasteiger charge is 2.23. The number of hydrogen-bond donors (Lipinski definition) is 1. The zero-order valence-corrected chi connectivity index (χ0v) is 8.59. The van der Waals surface area contributed by atoms with E-state index in [0.29, 0.717) is 38.8 Å². The zero-order chi connectivity index (χ0) is 10.0. The van der Waals surface area contributed by atoms with Crippen LogP contribution in [0.5, 0.6) is 0 Å². The molecule has 14 heavy (non-hydrogen) atoms. The summed E-state index contributed by atoms with van der Waals surface area (Å²) < 4.78 is 30.1. The maximum Gasteiger partial charge on any atom is 0.236 e. The van der Waals surface area contributed by atoms with Gasteiger partial charge in [0.05, 0.1) is 25.5 Å². The summed E-state index contributed by atoms with van der Waals surface area (Å²) >= 11 is 0. The lowest BCUT2D eigenvalue weighted by Crippen LogP contribution is -2.51. The molecule has 7 heteroatoms. The molecule has 2 heterocycles. The monoisotopic (exact) mass is 219 g/mol. The first-order chi connectivity index (χ1) is 6.67. The normalized spacial score (nSPS) is 26.6. The molecule has 0 amide bonds. The van der Waals surface area contributed by atoms with E-state index in [1.807, 2.05) is 4.90 Å². The Bertz CT molecular complexity index is 332. The second-order valence-corrected chi connectivity index (χ2v) is 5.07.